The normalized spacial score (nSPS) is 10.9. The van der Waals surface area contributed by atoms with E-state index < -0.39 is 5.97 Å². The molecule has 3 rings (SSSR count). The molecule has 0 aliphatic heterocycles. The summed E-state index contributed by atoms with van der Waals surface area (Å²) in [4.78, 5) is 18.2. The number of carboxylic acid groups (broad SMARTS) is 1. The largest absolute Gasteiger partial charge is 0.478 e. The van der Waals surface area contributed by atoms with Gasteiger partial charge in [-0.3, -0.25) is 0 Å². The smallest absolute Gasteiger partial charge is 0.335 e. The number of rotatable bonds is 2. The molecule has 0 bridgehead atoms. The molecule has 2 N–H and O–H groups in total. The number of imidazole rings is 1. The first-order chi connectivity index (χ1) is 9.52. The number of benzene rings is 2. The van der Waals surface area contributed by atoms with Crippen molar-refractivity contribution in [2.75, 3.05) is 0 Å². The van der Waals surface area contributed by atoms with E-state index in [0.717, 1.165) is 0 Å². The van der Waals surface area contributed by atoms with Crippen molar-refractivity contribution in [2.24, 2.45) is 0 Å². The van der Waals surface area contributed by atoms with Crippen molar-refractivity contribution < 1.29 is 14.3 Å². The number of nitrogens with one attached hydrogen (secondary N) is 1. The van der Waals surface area contributed by atoms with Gasteiger partial charge in [0, 0.05) is 10.0 Å². The summed E-state index contributed by atoms with van der Waals surface area (Å²) in [6.45, 7) is 0. The van der Waals surface area contributed by atoms with Crippen LogP contribution in [0.3, 0.4) is 0 Å². The standard InChI is InChI=1S/C14H8BrFN2O2/c15-9-3-8(4-10(16)6-9)13-17-11-2-1-7(14(19)20)5-12(11)18-13/h1-6H,(H,17,18)(H,19,20). The minimum absolute atomic E-state index is 0.174. The van der Waals surface area contributed by atoms with Gasteiger partial charge in [-0.05, 0) is 36.4 Å². The lowest BCUT2D eigenvalue weighted by molar-refractivity contribution is 0.0697. The molecule has 0 amide bonds. The second-order valence-corrected chi connectivity index (χ2v) is 5.20. The zero-order valence-corrected chi connectivity index (χ0v) is 11.6. The summed E-state index contributed by atoms with van der Waals surface area (Å²) in [5, 5.41) is 8.95. The number of aromatic amines is 1. The Kier molecular flexibility index (Phi) is 3.02. The Morgan fingerprint density at radius 1 is 1.25 bits per heavy atom. The van der Waals surface area contributed by atoms with E-state index in [-0.39, 0.29) is 11.4 Å². The summed E-state index contributed by atoms with van der Waals surface area (Å²) in [7, 11) is 0. The predicted molar refractivity (Wildman–Crippen MR) is 76.1 cm³/mol. The van der Waals surface area contributed by atoms with Gasteiger partial charge in [-0.25, -0.2) is 14.2 Å². The second-order valence-electron chi connectivity index (χ2n) is 4.28. The lowest BCUT2D eigenvalue weighted by Crippen LogP contribution is -1.94. The molecule has 20 heavy (non-hydrogen) atoms. The highest BCUT2D eigenvalue weighted by Gasteiger charge is 2.10. The lowest BCUT2D eigenvalue weighted by atomic mass is 10.2. The zero-order chi connectivity index (χ0) is 14.3. The van der Waals surface area contributed by atoms with Crippen LogP contribution in [0.4, 0.5) is 4.39 Å². The lowest BCUT2D eigenvalue weighted by Gasteiger charge is -1.98. The van der Waals surface area contributed by atoms with E-state index >= 15 is 0 Å². The van der Waals surface area contributed by atoms with Gasteiger partial charge in [0.2, 0.25) is 0 Å². The van der Waals surface area contributed by atoms with Gasteiger partial charge < -0.3 is 10.1 Å². The van der Waals surface area contributed by atoms with Crippen LogP contribution < -0.4 is 0 Å². The van der Waals surface area contributed by atoms with Crippen molar-refractivity contribution in [2.45, 2.75) is 0 Å². The minimum atomic E-state index is -1.00. The number of H-pyrrole nitrogens is 1. The summed E-state index contributed by atoms with van der Waals surface area (Å²) in [5.74, 6) is -0.889. The first kappa shape index (κ1) is 12.8. The molecule has 4 nitrogen and oxygen atoms in total. The molecule has 1 aromatic heterocycles. The van der Waals surface area contributed by atoms with Crippen molar-refractivity contribution in [3.8, 4) is 11.4 Å². The number of aromatic carboxylic acids is 1. The van der Waals surface area contributed by atoms with Crippen molar-refractivity contribution in [3.63, 3.8) is 0 Å². The van der Waals surface area contributed by atoms with E-state index in [4.69, 9.17) is 5.11 Å². The number of halogens is 2. The van der Waals surface area contributed by atoms with Crippen molar-refractivity contribution in [1.82, 2.24) is 9.97 Å². The summed E-state index contributed by atoms with van der Waals surface area (Å²) >= 11 is 3.23. The minimum Gasteiger partial charge on any atom is -0.478 e. The maximum Gasteiger partial charge on any atom is 0.335 e. The maximum atomic E-state index is 13.4. The zero-order valence-electron chi connectivity index (χ0n) is 10.0. The van der Waals surface area contributed by atoms with Crippen LogP contribution in [0, 0.1) is 5.82 Å². The quantitative estimate of drug-likeness (QED) is 0.748. The van der Waals surface area contributed by atoms with Crippen LogP contribution in [-0.2, 0) is 0 Å². The van der Waals surface area contributed by atoms with E-state index in [9.17, 15) is 9.18 Å². The molecule has 0 atom stereocenters. The van der Waals surface area contributed by atoms with E-state index in [2.05, 4.69) is 25.9 Å². The molecule has 0 saturated carbocycles. The van der Waals surface area contributed by atoms with Gasteiger partial charge in [-0.2, -0.15) is 0 Å². The predicted octanol–water partition coefficient (Wildman–Crippen LogP) is 3.83. The van der Waals surface area contributed by atoms with Crippen LogP contribution in [0.5, 0.6) is 0 Å². The molecule has 0 saturated heterocycles. The van der Waals surface area contributed by atoms with Crippen LogP contribution in [0.25, 0.3) is 22.4 Å². The highest BCUT2D eigenvalue weighted by Crippen LogP contribution is 2.25. The number of carbonyl (C=O) groups is 1. The third kappa shape index (κ3) is 2.30. The van der Waals surface area contributed by atoms with Crippen LogP contribution in [0.15, 0.2) is 40.9 Å². The highest BCUT2D eigenvalue weighted by atomic mass is 79.9. The molecule has 0 radical (unpaired) electrons. The molecular formula is C14H8BrFN2O2. The second kappa shape index (κ2) is 4.72. The molecule has 0 unspecified atom stereocenters. The first-order valence-corrected chi connectivity index (χ1v) is 6.52. The molecule has 0 spiro atoms. The molecule has 0 aliphatic rings. The van der Waals surface area contributed by atoms with Gasteiger partial charge in [0.25, 0.3) is 0 Å². The molecule has 100 valence electrons. The number of hydrogen-bond acceptors (Lipinski definition) is 2. The van der Waals surface area contributed by atoms with Gasteiger partial charge in [-0.1, -0.05) is 15.9 Å². The monoisotopic (exact) mass is 334 g/mol. The van der Waals surface area contributed by atoms with Crippen LogP contribution in [-0.4, -0.2) is 21.0 Å². The number of fused-ring (bicyclic) bond motifs is 1. The van der Waals surface area contributed by atoms with Gasteiger partial charge in [-0.15, -0.1) is 0 Å². The summed E-state index contributed by atoms with van der Waals surface area (Å²) in [5.41, 5.74) is 1.99. The molecular weight excluding hydrogens is 327 g/mol. The third-order valence-corrected chi connectivity index (χ3v) is 3.32. The topological polar surface area (TPSA) is 66.0 Å². The van der Waals surface area contributed by atoms with Gasteiger partial charge in [0.1, 0.15) is 11.6 Å². The molecule has 0 fully saturated rings. The van der Waals surface area contributed by atoms with Gasteiger partial charge in [0.15, 0.2) is 0 Å². The molecule has 2 aromatic carbocycles. The molecule has 3 aromatic rings. The van der Waals surface area contributed by atoms with E-state index in [1.807, 2.05) is 0 Å². The fourth-order valence-electron chi connectivity index (χ4n) is 1.97. The number of aromatic nitrogens is 2. The summed E-state index contributed by atoms with van der Waals surface area (Å²) in [6, 6.07) is 9.06. The van der Waals surface area contributed by atoms with Gasteiger partial charge >= 0.3 is 5.97 Å². The van der Waals surface area contributed by atoms with Crippen LogP contribution >= 0.6 is 15.9 Å². The Bertz CT molecular complexity index is 809. The fraction of sp³-hybridized carbons (Fsp3) is 0. The van der Waals surface area contributed by atoms with Crippen molar-refractivity contribution in [1.29, 1.82) is 0 Å². The number of hydrogen-bond donors (Lipinski definition) is 2. The van der Waals surface area contributed by atoms with Gasteiger partial charge in [0.05, 0.1) is 16.6 Å². The SMILES string of the molecule is O=C(O)c1ccc2nc(-c3cc(F)cc(Br)c3)[nH]c2c1. The van der Waals surface area contributed by atoms with Crippen molar-refractivity contribution >= 4 is 32.9 Å². The van der Waals surface area contributed by atoms with E-state index in [1.165, 1.54) is 24.3 Å². The highest BCUT2D eigenvalue weighted by molar-refractivity contribution is 9.10. The Hall–Kier alpha value is -2.21. The van der Waals surface area contributed by atoms with Crippen LogP contribution in [0.1, 0.15) is 10.4 Å². The average Bonchev–Trinajstić information content (AvgIpc) is 2.80. The van der Waals surface area contributed by atoms with E-state index in [1.54, 1.807) is 12.1 Å². The maximum absolute atomic E-state index is 13.4. The van der Waals surface area contributed by atoms with Crippen molar-refractivity contribution in [3.05, 3.63) is 52.3 Å². The first-order valence-electron chi connectivity index (χ1n) is 5.72. The molecule has 1 heterocycles. The number of carboxylic acids is 1. The summed E-state index contributed by atoms with van der Waals surface area (Å²) < 4.78 is 14.0. The average molecular weight is 335 g/mol. The Labute approximate surface area is 121 Å². The third-order valence-electron chi connectivity index (χ3n) is 2.86. The molecule has 6 heteroatoms. The van der Waals surface area contributed by atoms with Crippen LogP contribution in [0.2, 0.25) is 0 Å². The van der Waals surface area contributed by atoms with E-state index in [0.29, 0.717) is 26.9 Å². The Morgan fingerprint density at radius 2 is 2.05 bits per heavy atom. The molecule has 0 aliphatic carbocycles. The fourth-order valence-corrected chi connectivity index (χ4v) is 2.44. The Balaban J connectivity index is 2.15. The number of nitrogens with zero attached hydrogens (tertiary/aromatic N) is 1. The Morgan fingerprint density at radius 3 is 2.75 bits per heavy atom. The summed E-state index contributed by atoms with van der Waals surface area (Å²) in [6.07, 6.45) is 0.